The molecule has 3 atom stereocenters. The van der Waals surface area contributed by atoms with Crippen molar-refractivity contribution >= 4 is 35.5 Å². The maximum absolute atomic E-state index is 13.5. The molecule has 0 aliphatic heterocycles. The molecular weight excluding hydrogens is 520 g/mol. The zero-order valence-electron chi connectivity index (χ0n) is 22.6. The number of benzene rings is 1. The number of carboxylic acids is 1. The molecule has 1 saturated carbocycles. The average molecular weight is 561 g/mol. The van der Waals surface area contributed by atoms with Gasteiger partial charge in [-0.05, 0) is 50.5 Å². The highest BCUT2D eigenvalue weighted by Crippen LogP contribution is 2.29. The molecule has 220 valence electrons. The molecule has 3 amide bonds. The number of carboxylic acid groups (broad SMARTS) is 1. The maximum atomic E-state index is 13.5. The number of amides is 3. The summed E-state index contributed by atoms with van der Waals surface area (Å²) in [5.74, 6) is -4.03. The molecule has 1 aromatic carbocycles. The van der Waals surface area contributed by atoms with Gasteiger partial charge in [0, 0.05) is 12.1 Å². The van der Waals surface area contributed by atoms with Crippen molar-refractivity contribution in [2.75, 3.05) is 6.54 Å². The Kier molecular flexibility index (Phi) is 11.7. The van der Waals surface area contributed by atoms with Crippen LogP contribution in [0.15, 0.2) is 34.4 Å². The van der Waals surface area contributed by atoms with Gasteiger partial charge in [-0.15, -0.1) is 0 Å². The molecule has 1 fully saturated rings. The van der Waals surface area contributed by atoms with Gasteiger partial charge in [-0.25, -0.2) is 0 Å². The topological polar surface area (TPSA) is 262 Å². The first-order chi connectivity index (χ1) is 18.9. The number of guanidine groups is 1. The standard InChI is InChI=1S/C26H40N8O6/c1-26(24(38)39,14-15-9-11-17(12-10-15)20(27)34-40)23(37)33-19(16-6-3-2-4-7-16)22(36)32-18(21(28)35)8-5-13-31-25(29)30/h9-12,16,18-19,40H,2-8,13-14H2,1H3,(H2,27,34)(H2,28,35)(H,32,36)(H,33,37)(H,38,39)(H4,29,30,31)/t18-,19-,26?/m0/s1. The molecule has 2 rings (SSSR count). The fourth-order valence-corrected chi connectivity index (χ4v) is 4.73. The molecule has 0 radical (unpaired) electrons. The Morgan fingerprint density at radius 2 is 1.65 bits per heavy atom. The third-order valence-electron chi connectivity index (χ3n) is 7.18. The first kappa shape index (κ1) is 31.9. The van der Waals surface area contributed by atoms with E-state index in [4.69, 9.17) is 28.1 Å². The van der Waals surface area contributed by atoms with E-state index in [0.717, 1.165) is 19.3 Å². The first-order valence-corrected chi connectivity index (χ1v) is 13.1. The second-order valence-electron chi connectivity index (χ2n) is 10.3. The van der Waals surface area contributed by atoms with Crippen LogP contribution in [0.3, 0.4) is 0 Å². The van der Waals surface area contributed by atoms with Crippen LogP contribution in [0.5, 0.6) is 0 Å². The number of amidine groups is 1. The summed E-state index contributed by atoms with van der Waals surface area (Å²) in [6.07, 6.45) is 4.37. The van der Waals surface area contributed by atoms with Gasteiger partial charge in [0.1, 0.15) is 17.5 Å². The SMILES string of the molecule is CC(Cc1ccc(/C(N)=N/O)cc1)(C(=O)O)C(=O)N[C@H](C(=O)N[C@@H](CCCN=C(N)N)C(N)=O)C1CCCCC1. The highest BCUT2D eigenvalue weighted by atomic mass is 16.4. The highest BCUT2D eigenvalue weighted by molar-refractivity contribution is 6.03. The lowest BCUT2D eigenvalue weighted by atomic mass is 9.80. The van der Waals surface area contributed by atoms with Crippen LogP contribution in [-0.2, 0) is 25.6 Å². The van der Waals surface area contributed by atoms with Crippen molar-refractivity contribution in [1.82, 2.24) is 10.6 Å². The van der Waals surface area contributed by atoms with Gasteiger partial charge in [0.2, 0.25) is 17.7 Å². The molecule has 0 spiro atoms. The summed E-state index contributed by atoms with van der Waals surface area (Å²) < 4.78 is 0. The number of carbonyl (C=O) groups is 4. The van der Waals surface area contributed by atoms with Gasteiger partial charge in [-0.2, -0.15) is 0 Å². The maximum Gasteiger partial charge on any atom is 0.319 e. The smallest absolute Gasteiger partial charge is 0.319 e. The van der Waals surface area contributed by atoms with E-state index in [1.54, 1.807) is 24.3 Å². The van der Waals surface area contributed by atoms with Gasteiger partial charge >= 0.3 is 5.97 Å². The Labute approximate surface area is 232 Å². The molecule has 1 aliphatic rings. The lowest BCUT2D eigenvalue weighted by Crippen LogP contribution is -2.59. The monoisotopic (exact) mass is 560 g/mol. The van der Waals surface area contributed by atoms with Crippen LogP contribution in [0.25, 0.3) is 0 Å². The largest absolute Gasteiger partial charge is 0.480 e. The molecule has 40 heavy (non-hydrogen) atoms. The summed E-state index contributed by atoms with van der Waals surface area (Å²) in [7, 11) is 0. The summed E-state index contributed by atoms with van der Waals surface area (Å²) in [4.78, 5) is 55.2. The first-order valence-electron chi connectivity index (χ1n) is 13.1. The second kappa shape index (κ2) is 14.7. The normalized spacial score (nSPS) is 17.1. The number of aliphatic imine (C=N–C) groups is 1. The van der Waals surface area contributed by atoms with E-state index in [9.17, 15) is 24.3 Å². The molecule has 0 bridgehead atoms. The lowest BCUT2D eigenvalue weighted by molar-refractivity contribution is -0.155. The minimum atomic E-state index is -1.92. The molecule has 0 heterocycles. The summed E-state index contributed by atoms with van der Waals surface area (Å²) in [6, 6.07) is 4.15. The van der Waals surface area contributed by atoms with Crippen molar-refractivity contribution in [3.05, 3.63) is 35.4 Å². The Bertz CT molecular complexity index is 1110. The summed E-state index contributed by atoms with van der Waals surface area (Å²) in [6.45, 7) is 1.52. The van der Waals surface area contributed by atoms with Crippen LogP contribution < -0.4 is 33.6 Å². The minimum absolute atomic E-state index is 0.0970. The number of primary amides is 1. The number of carbonyl (C=O) groups excluding carboxylic acids is 3. The molecule has 0 aromatic heterocycles. The third-order valence-corrected chi connectivity index (χ3v) is 7.18. The molecule has 12 N–H and O–H groups in total. The minimum Gasteiger partial charge on any atom is -0.480 e. The van der Waals surface area contributed by atoms with E-state index in [-0.39, 0.29) is 37.1 Å². The van der Waals surface area contributed by atoms with Crippen LogP contribution >= 0.6 is 0 Å². The van der Waals surface area contributed by atoms with E-state index in [1.807, 2.05) is 0 Å². The average Bonchev–Trinajstić information content (AvgIpc) is 2.93. The number of nitrogens with one attached hydrogen (secondary N) is 2. The Balaban J connectivity index is 2.25. The van der Waals surface area contributed by atoms with Crippen LogP contribution in [-0.4, -0.2) is 64.4 Å². The van der Waals surface area contributed by atoms with Crippen molar-refractivity contribution in [2.45, 2.75) is 70.4 Å². The molecular formula is C26H40N8O6. The van der Waals surface area contributed by atoms with E-state index < -0.39 is 41.2 Å². The summed E-state index contributed by atoms with van der Waals surface area (Å²) in [5, 5.41) is 27.1. The van der Waals surface area contributed by atoms with Gasteiger partial charge in [-0.1, -0.05) is 48.7 Å². The highest BCUT2D eigenvalue weighted by Gasteiger charge is 2.44. The summed E-state index contributed by atoms with van der Waals surface area (Å²) in [5.41, 5.74) is 20.7. The van der Waals surface area contributed by atoms with Crippen molar-refractivity contribution in [1.29, 1.82) is 0 Å². The van der Waals surface area contributed by atoms with E-state index >= 15 is 0 Å². The number of aliphatic carboxylic acids is 1. The number of oxime groups is 1. The van der Waals surface area contributed by atoms with Gasteiger partial charge < -0.3 is 43.9 Å². The molecule has 14 heteroatoms. The van der Waals surface area contributed by atoms with Crippen molar-refractivity contribution in [3.8, 4) is 0 Å². The summed E-state index contributed by atoms with van der Waals surface area (Å²) >= 11 is 0. The zero-order chi connectivity index (χ0) is 29.9. The lowest BCUT2D eigenvalue weighted by Gasteiger charge is -2.33. The van der Waals surface area contributed by atoms with Gasteiger partial charge in [0.15, 0.2) is 11.8 Å². The molecule has 1 unspecified atom stereocenters. The van der Waals surface area contributed by atoms with Crippen LogP contribution in [0.2, 0.25) is 0 Å². The molecule has 14 nitrogen and oxygen atoms in total. The third kappa shape index (κ3) is 8.85. The Hall–Kier alpha value is -4.36. The fraction of sp³-hybridized carbons (Fsp3) is 0.538. The Morgan fingerprint density at radius 3 is 2.17 bits per heavy atom. The number of hydrogen-bond acceptors (Lipinski definition) is 7. The number of rotatable bonds is 14. The van der Waals surface area contributed by atoms with Crippen molar-refractivity contribution in [2.24, 2.45) is 44.4 Å². The van der Waals surface area contributed by atoms with Crippen LogP contribution in [0, 0.1) is 11.3 Å². The quantitative estimate of drug-likeness (QED) is 0.0363. The predicted octanol–water partition coefficient (Wildman–Crippen LogP) is -0.497. The molecule has 1 aromatic rings. The van der Waals surface area contributed by atoms with Crippen LogP contribution in [0.4, 0.5) is 0 Å². The van der Waals surface area contributed by atoms with Crippen LogP contribution in [0.1, 0.15) is 63.0 Å². The zero-order valence-corrected chi connectivity index (χ0v) is 22.6. The van der Waals surface area contributed by atoms with Gasteiger partial charge in [-0.3, -0.25) is 24.2 Å². The van der Waals surface area contributed by atoms with Crippen molar-refractivity contribution < 1.29 is 29.5 Å². The fourth-order valence-electron chi connectivity index (χ4n) is 4.73. The molecule has 1 aliphatic carbocycles. The van der Waals surface area contributed by atoms with Gasteiger partial charge in [0.25, 0.3) is 0 Å². The number of nitrogens with two attached hydrogens (primary N) is 4. The van der Waals surface area contributed by atoms with E-state index in [1.165, 1.54) is 6.92 Å². The number of hydrogen-bond donors (Lipinski definition) is 8. The second-order valence-corrected chi connectivity index (χ2v) is 10.3. The number of nitrogens with zero attached hydrogens (tertiary/aromatic N) is 2. The van der Waals surface area contributed by atoms with Gasteiger partial charge in [0.05, 0.1) is 0 Å². The molecule has 0 saturated heterocycles. The van der Waals surface area contributed by atoms with E-state index in [2.05, 4.69) is 20.8 Å². The Morgan fingerprint density at radius 1 is 1.02 bits per heavy atom. The van der Waals surface area contributed by atoms with Crippen molar-refractivity contribution in [3.63, 3.8) is 0 Å². The van der Waals surface area contributed by atoms with E-state index in [0.29, 0.717) is 30.4 Å². The predicted molar refractivity (Wildman–Crippen MR) is 148 cm³/mol.